The van der Waals surface area contributed by atoms with Gasteiger partial charge in [0.25, 0.3) is 0 Å². The first kappa shape index (κ1) is 15.3. The van der Waals surface area contributed by atoms with Crippen LogP contribution in [-0.2, 0) is 0 Å². The smallest absolute Gasteiger partial charge is 0.189 e. The number of benzene rings is 2. The fraction of sp³-hybridized carbons (Fsp3) is 0.0588. The Hall–Kier alpha value is -1.55. The third-order valence-electron chi connectivity index (χ3n) is 3.21. The lowest BCUT2D eigenvalue weighted by Gasteiger charge is -2.12. The summed E-state index contributed by atoms with van der Waals surface area (Å²) < 4.78 is 0. The van der Waals surface area contributed by atoms with Crippen molar-refractivity contribution >= 4 is 35.0 Å². The fourth-order valence-corrected chi connectivity index (χ4v) is 3.00. The Morgan fingerprint density at radius 3 is 2.14 bits per heavy atom. The highest BCUT2D eigenvalue weighted by molar-refractivity contribution is 7.98. The molecule has 0 spiro atoms. The second-order valence-electron chi connectivity index (χ2n) is 4.60. The zero-order valence-electron chi connectivity index (χ0n) is 11.8. The van der Waals surface area contributed by atoms with E-state index < -0.39 is 0 Å². The minimum atomic E-state index is 0.454. The molecular weight excluding hydrogens is 335 g/mol. The fourth-order valence-electron chi connectivity index (χ4n) is 2.18. The highest BCUT2D eigenvalue weighted by Gasteiger charge is 2.16. The summed E-state index contributed by atoms with van der Waals surface area (Å²) in [6.45, 7) is 0. The molecule has 5 heteroatoms. The molecule has 0 aliphatic carbocycles. The molecule has 2 nitrogen and oxygen atoms in total. The molecule has 0 bridgehead atoms. The van der Waals surface area contributed by atoms with Gasteiger partial charge in [-0.2, -0.15) is 0 Å². The summed E-state index contributed by atoms with van der Waals surface area (Å²) in [6, 6.07) is 17.5. The normalized spacial score (nSPS) is 10.7. The van der Waals surface area contributed by atoms with Crippen LogP contribution >= 0.6 is 35.0 Å². The van der Waals surface area contributed by atoms with Crippen molar-refractivity contribution in [1.29, 1.82) is 0 Å². The third kappa shape index (κ3) is 3.12. The van der Waals surface area contributed by atoms with Crippen molar-refractivity contribution in [2.24, 2.45) is 0 Å². The number of hydrogen-bond acceptors (Lipinski definition) is 3. The molecule has 0 amide bonds. The molecular formula is C17H12Cl2N2S. The minimum Gasteiger partial charge on any atom is -0.222 e. The average molecular weight is 347 g/mol. The Labute approximate surface area is 143 Å². The molecule has 2 aromatic carbocycles. The quantitative estimate of drug-likeness (QED) is 0.338. The molecule has 0 N–H and O–H groups in total. The van der Waals surface area contributed by atoms with Crippen LogP contribution in [-0.4, -0.2) is 16.2 Å². The van der Waals surface area contributed by atoms with Crippen molar-refractivity contribution in [3.05, 3.63) is 64.8 Å². The average Bonchev–Trinajstić information content (AvgIpc) is 2.55. The maximum absolute atomic E-state index is 6.44. The summed E-state index contributed by atoms with van der Waals surface area (Å²) in [5, 5.41) is 1.79. The molecule has 3 aromatic rings. The first-order chi connectivity index (χ1) is 10.7. The number of hydrogen-bond donors (Lipinski definition) is 0. The second kappa shape index (κ2) is 6.69. The molecule has 0 saturated heterocycles. The molecule has 0 saturated carbocycles. The van der Waals surface area contributed by atoms with E-state index >= 15 is 0 Å². The van der Waals surface area contributed by atoms with E-state index in [1.807, 2.05) is 60.9 Å². The zero-order valence-corrected chi connectivity index (χ0v) is 14.1. The van der Waals surface area contributed by atoms with Crippen molar-refractivity contribution in [1.82, 2.24) is 9.97 Å². The van der Waals surface area contributed by atoms with Crippen molar-refractivity contribution < 1.29 is 0 Å². The van der Waals surface area contributed by atoms with Gasteiger partial charge in [0, 0.05) is 16.1 Å². The van der Waals surface area contributed by atoms with E-state index in [4.69, 9.17) is 23.2 Å². The molecule has 1 heterocycles. The summed E-state index contributed by atoms with van der Waals surface area (Å²) in [6.07, 6.45) is 1.93. The van der Waals surface area contributed by atoms with Gasteiger partial charge in [-0.3, -0.25) is 0 Å². The molecule has 0 aliphatic heterocycles. The van der Waals surface area contributed by atoms with E-state index in [-0.39, 0.29) is 0 Å². The predicted molar refractivity (Wildman–Crippen MR) is 94.7 cm³/mol. The van der Waals surface area contributed by atoms with Crippen LogP contribution in [0, 0.1) is 0 Å². The third-order valence-corrected chi connectivity index (χ3v) is 4.28. The maximum Gasteiger partial charge on any atom is 0.189 e. The largest absolute Gasteiger partial charge is 0.222 e. The van der Waals surface area contributed by atoms with Gasteiger partial charge in [0.05, 0.1) is 5.69 Å². The molecule has 0 aliphatic rings. The van der Waals surface area contributed by atoms with Crippen LogP contribution in [0.15, 0.2) is 59.8 Å². The summed E-state index contributed by atoms with van der Waals surface area (Å²) >= 11 is 13.9. The lowest BCUT2D eigenvalue weighted by Crippen LogP contribution is -1.96. The number of halogens is 2. The Kier molecular flexibility index (Phi) is 4.67. The second-order valence-corrected chi connectivity index (χ2v) is 6.17. The van der Waals surface area contributed by atoms with Crippen molar-refractivity contribution in [2.75, 3.05) is 6.26 Å². The molecule has 0 unspecified atom stereocenters. The van der Waals surface area contributed by atoms with E-state index in [2.05, 4.69) is 9.97 Å². The van der Waals surface area contributed by atoms with Crippen LogP contribution < -0.4 is 0 Å². The minimum absolute atomic E-state index is 0.454. The Morgan fingerprint density at radius 2 is 1.50 bits per heavy atom. The summed E-state index contributed by atoms with van der Waals surface area (Å²) in [7, 11) is 0. The summed E-state index contributed by atoms with van der Waals surface area (Å²) in [5.74, 6) is 0. The van der Waals surface area contributed by atoms with E-state index in [1.54, 1.807) is 0 Å². The number of nitrogens with zero attached hydrogens (tertiary/aromatic N) is 2. The Bertz CT molecular complexity index is 790. The van der Waals surface area contributed by atoms with E-state index in [9.17, 15) is 0 Å². The standard InChI is InChI=1S/C17H12Cl2N2S/c1-22-17-20-15(12-7-9-13(18)10-8-12)14(16(19)21-17)11-5-3-2-4-6-11/h2-10H,1H3. The molecule has 0 radical (unpaired) electrons. The summed E-state index contributed by atoms with van der Waals surface area (Å²) in [5.41, 5.74) is 3.60. The SMILES string of the molecule is CSc1nc(Cl)c(-c2ccccc2)c(-c2ccc(Cl)cc2)n1. The molecule has 3 rings (SSSR count). The van der Waals surface area contributed by atoms with Crippen LogP contribution in [0.5, 0.6) is 0 Å². The zero-order chi connectivity index (χ0) is 15.5. The topological polar surface area (TPSA) is 25.8 Å². The molecule has 0 fully saturated rings. The number of aromatic nitrogens is 2. The Balaban J connectivity index is 2.26. The van der Waals surface area contributed by atoms with E-state index in [0.29, 0.717) is 15.3 Å². The van der Waals surface area contributed by atoms with E-state index in [1.165, 1.54) is 11.8 Å². The molecule has 110 valence electrons. The van der Waals surface area contributed by atoms with Gasteiger partial charge in [-0.05, 0) is 24.0 Å². The van der Waals surface area contributed by atoms with Gasteiger partial charge in [0.15, 0.2) is 5.16 Å². The maximum atomic E-state index is 6.44. The van der Waals surface area contributed by atoms with Gasteiger partial charge in [-0.1, -0.05) is 77.4 Å². The monoisotopic (exact) mass is 346 g/mol. The lowest BCUT2D eigenvalue weighted by atomic mass is 10.0. The van der Waals surface area contributed by atoms with E-state index in [0.717, 1.165) is 22.4 Å². The van der Waals surface area contributed by atoms with Crippen LogP contribution in [0.3, 0.4) is 0 Å². The number of thioether (sulfide) groups is 1. The van der Waals surface area contributed by atoms with Crippen molar-refractivity contribution in [2.45, 2.75) is 5.16 Å². The van der Waals surface area contributed by atoms with Gasteiger partial charge in [-0.15, -0.1) is 0 Å². The molecule has 1 aromatic heterocycles. The van der Waals surface area contributed by atoms with Gasteiger partial charge < -0.3 is 0 Å². The first-order valence-corrected chi connectivity index (χ1v) is 8.60. The van der Waals surface area contributed by atoms with Crippen LogP contribution in [0.1, 0.15) is 0 Å². The van der Waals surface area contributed by atoms with Gasteiger partial charge in [-0.25, -0.2) is 9.97 Å². The highest BCUT2D eigenvalue weighted by atomic mass is 35.5. The summed E-state index contributed by atoms with van der Waals surface area (Å²) in [4.78, 5) is 9.02. The molecule has 0 atom stereocenters. The molecule has 22 heavy (non-hydrogen) atoms. The van der Waals surface area contributed by atoms with Crippen molar-refractivity contribution in [3.63, 3.8) is 0 Å². The van der Waals surface area contributed by atoms with Crippen LogP contribution in [0.4, 0.5) is 0 Å². The highest BCUT2D eigenvalue weighted by Crippen LogP contribution is 2.36. The Morgan fingerprint density at radius 1 is 0.818 bits per heavy atom. The van der Waals surface area contributed by atoms with Crippen LogP contribution in [0.2, 0.25) is 10.2 Å². The van der Waals surface area contributed by atoms with Gasteiger partial charge >= 0.3 is 0 Å². The predicted octanol–water partition coefficient (Wildman–Crippen LogP) is 5.84. The van der Waals surface area contributed by atoms with Gasteiger partial charge in [0.1, 0.15) is 5.15 Å². The first-order valence-electron chi connectivity index (χ1n) is 6.62. The van der Waals surface area contributed by atoms with Crippen molar-refractivity contribution in [3.8, 4) is 22.4 Å². The van der Waals surface area contributed by atoms with Crippen LogP contribution in [0.25, 0.3) is 22.4 Å². The number of rotatable bonds is 3. The van der Waals surface area contributed by atoms with Gasteiger partial charge in [0.2, 0.25) is 0 Å². The lowest BCUT2D eigenvalue weighted by molar-refractivity contribution is 0.979.